The van der Waals surface area contributed by atoms with E-state index in [1.807, 2.05) is 25.1 Å². The molecule has 4 nitrogen and oxygen atoms in total. The van der Waals surface area contributed by atoms with E-state index in [1.165, 1.54) is 0 Å². The van der Waals surface area contributed by atoms with Gasteiger partial charge in [0.2, 0.25) is 0 Å². The molecule has 0 radical (unpaired) electrons. The van der Waals surface area contributed by atoms with Crippen LogP contribution in [-0.4, -0.2) is 41.7 Å². The maximum atomic E-state index is 12.5. The van der Waals surface area contributed by atoms with Crippen molar-refractivity contribution in [3.63, 3.8) is 0 Å². The van der Waals surface area contributed by atoms with Crippen LogP contribution >= 0.6 is 0 Å². The third kappa shape index (κ3) is 3.76. The lowest BCUT2D eigenvalue weighted by Gasteiger charge is -2.28. The first-order valence-electron chi connectivity index (χ1n) is 7.77. The van der Waals surface area contributed by atoms with Crippen molar-refractivity contribution >= 4 is 11.6 Å². The zero-order valence-corrected chi connectivity index (χ0v) is 13.3. The van der Waals surface area contributed by atoms with Crippen molar-refractivity contribution in [3.05, 3.63) is 29.3 Å². The highest BCUT2D eigenvalue weighted by molar-refractivity contribution is 5.94. The van der Waals surface area contributed by atoms with Crippen LogP contribution in [0.2, 0.25) is 0 Å². The van der Waals surface area contributed by atoms with E-state index in [2.05, 4.69) is 12.2 Å². The number of rotatable bonds is 5. The Bertz CT molecular complexity index is 508. The fourth-order valence-corrected chi connectivity index (χ4v) is 3.11. The van der Waals surface area contributed by atoms with Gasteiger partial charge in [-0.2, -0.15) is 0 Å². The Hall–Kier alpha value is -1.55. The van der Waals surface area contributed by atoms with E-state index in [1.54, 1.807) is 11.9 Å². The van der Waals surface area contributed by atoms with E-state index >= 15 is 0 Å². The molecule has 1 saturated carbocycles. The first kappa shape index (κ1) is 15.8. The van der Waals surface area contributed by atoms with Crippen molar-refractivity contribution < 1.29 is 9.90 Å². The lowest BCUT2D eigenvalue weighted by Crippen LogP contribution is -2.42. The summed E-state index contributed by atoms with van der Waals surface area (Å²) in [5.41, 5.74) is 2.11. The lowest BCUT2D eigenvalue weighted by atomic mass is 10.0. The molecule has 116 valence electrons. The molecule has 2 N–H and O–H groups in total. The van der Waals surface area contributed by atoms with E-state index in [4.69, 9.17) is 0 Å². The van der Waals surface area contributed by atoms with Gasteiger partial charge in [0.15, 0.2) is 0 Å². The van der Waals surface area contributed by atoms with Gasteiger partial charge >= 0.3 is 0 Å². The van der Waals surface area contributed by atoms with Gasteiger partial charge in [-0.3, -0.25) is 4.79 Å². The number of aryl methyl sites for hydroxylation is 1. The molecule has 0 aliphatic heterocycles. The highest BCUT2D eigenvalue weighted by atomic mass is 16.3. The molecule has 1 aromatic rings. The Labute approximate surface area is 127 Å². The summed E-state index contributed by atoms with van der Waals surface area (Å²) in [7, 11) is 1.77. The Balaban J connectivity index is 2.06. The summed E-state index contributed by atoms with van der Waals surface area (Å²) in [6.07, 6.45) is 3.69. The topological polar surface area (TPSA) is 52.6 Å². The van der Waals surface area contributed by atoms with Crippen molar-refractivity contribution in [1.82, 2.24) is 4.90 Å². The number of carbonyl (C=O) groups excluding carboxylic acids is 1. The van der Waals surface area contributed by atoms with Gasteiger partial charge in [0.05, 0.1) is 5.60 Å². The van der Waals surface area contributed by atoms with Gasteiger partial charge in [0, 0.05) is 31.4 Å². The molecule has 0 unspecified atom stereocenters. The molecule has 1 fully saturated rings. The molecule has 0 heterocycles. The molecule has 1 aliphatic rings. The SMILES string of the molecule is CCNc1ccc(C(=O)N(C)CC2(O)CCCC2)cc1C. The molecule has 21 heavy (non-hydrogen) atoms. The minimum Gasteiger partial charge on any atom is -0.388 e. The van der Waals surface area contributed by atoms with Crippen molar-refractivity contribution in [1.29, 1.82) is 0 Å². The van der Waals surface area contributed by atoms with E-state index in [9.17, 15) is 9.90 Å². The average molecular weight is 290 g/mol. The second kappa shape index (κ2) is 6.48. The predicted octanol–water partition coefficient (Wildman–Crippen LogP) is 2.80. The molecule has 0 saturated heterocycles. The number of anilines is 1. The van der Waals surface area contributed by atoms with Gasteiger partial charge < -0.3 is 15.3 Å². The van der Waals surface area contributed by atoms with Crippen LogP contribution in [-0.2, 0) is 0 Å². The molecular weight excluding hydrogens is 264 g/mol. The fraction of sp³-hybridized carbons (Fsp3) is 0.588. The van der Waals surface area contributed by atoms with Gasteiger partial charge in [0.25, 0.3) is 5.91 Å². The van der Waals surface area contributed by atoms with E-state index in [0.717, 1.165) is 43.5 Å². The van der Waals surface area contributed by atoms with E-state index in [-0.39, 0.29) is 5.91 Å². The molecule has 0 aromatic heterocycles. The molecule has 1 amide bonds. The van der Waals surface area contributed by atoms with Crippen molar-refractivity contribution in [2.75, 3.05) is 25.5 Å². The van der Waals surface area contributed by atoms with Gasteiger partial charge in [-0.05, 0) is 50.5 Å². The van der Waals surface area contributed by atoms with Crippen molar-refractivity contribution in [2.45, 2.75) is 45.1 Å². The third-order valence-electron chi connectivity index (χ3n) is 4.25. The average Bonchev–Trinajstić information content (AvgIpc) is 2.86. The number of aliphatic hydroxyl groups is 1. The standard InChI is InChI=1S/C17H26N2O2/c1-4-18-15-8-7-14(11-13(15)2)16(20)19(3)12-17(21)9-5-6-10-17/h7-8,11,18,21H,4-6,9-10,12H2,1-3H3. The third-order valence-corrected chi connectivity index (χ3v) is 4.25. The zero-order valence-electron chi connectivity index (χ0n) is 13.3. The van der Waals surface area contributed by atoms with Crippen LogP contribution in [0, 0.1) is 6.92 Å². The molecule has 4 heteroatoms. The summed E-state index contributed by atoms with van der Waals surface area (Å²) in [5, 5.41) is 13.7. The summed E-state index contributed by atoms with van der Waals surface area (Å²) < 4.78 is 0. The number of nitrogens with zero attached hydrogens (tertiary/aromatic N) is 1. The molecule has 2 rings (SSSR count). The number of likely N-dealkylation sites (N-methyl/N-ethyl adjacent to an activating group) is 1. The van der Waals surface area contributed by atoms with Crippen LogP contribution in [0.3, 0.4) is 0 Å². The second-order valence-electron chi connectivity index (χ2n) is 6.15. The lowest BCUT2D eigenvalue weighted by molar-refractivity contribution is 0.0157. The van der Waals surface area contributed by atoms with Gasteiger partial charge in [0.1, 0.15) is 0 Å². The highest BCUT2D eigenvalue weighted by Crippen LogP contribution is 2.30. The number of hydrogen-bond acceptors (Lipinski definition) is 3. The summed E-state index contributed by atoms with van der Waals surface area (Å²) in [4.78, 5) is 14.1. The summed E-state index contributed by atoms with van der Waals surface area (Å²) >= 11 is 0. The van der Waals surface area contributed by atoms with Crippen LogP contribution in [0.25, 0.3) is 0 Å². The summed E-state index contributed by atoms with van der Waals surface area (Å²) in [5.74, 6) is -0.0264. The minimum absolute atomic E-state index is 0.0264. The maximum Gasteiger partial charge on any atom is 0.253 e. The normalized spacial score (nSPS) is 16.8. The second-order valence-corrected chi connectivity index (χ2v) is 6.15. The summed E-state index contributed by atoms with van der Waals surface area (Å²) in [6, 6.07) is 5.71. The number of benzene rings is 1. The maximum absolute atomic E-state index is 12.5. The van der Waals surface area contributed by atoms with Gasteiger partial charge in [-0.15, -0.1) is 0 Å². The van der Waals surface area contributed by atoms with Gasteiger partial charge in [-0.1, -0.05) is 12.8 Å². The first-order chi connectivity index (χ1) is 9.95. The number of hydrogen-bond donors (Lipinski definition) is 2. The van der Waals surface area contributed by atoms with Crippen molar-refractivity contribution in [2.24, 2.45) is 0 Å². The zero-order chi connectivity index (χ0) is 15.5. The monoisotopic (exact) mass is 290 g/mol. The Kier molecular flexibility index (Phi) is 4.88. The number of nitrogens with one attached hydrogen (secondary N) is 1. The van der Waals surface area contributed by atoms with Crippen LogP contribution in [0.15, 0.2) is 18.2 Å². The van der Waals surface area contributed by atoms with Crippen LogP contribution in [0.4, 0.5) is 5.69 Å². The Morgan fingerprint density at radius 2 is 2.05 bits per heavy atom. The molecule has 0 bridgehead atoms. The highest BCUT2D eigenvalue weighted by Gasteiger charge is 2.33. The summed E-state index contributed by atoms with van der Waals surface area (Å²) in [6.45, 7) is 5.33. The van der Waals surface area contributed by atoms with E-state index in [0.29, 0.717) is 12.1 Å². The molecule has 0 atom stereocenters. The number of carbonyl (C=O) groups is 1. The van der Waals surface area contributed by atoms with E-state index < -0.39 is 5.60 Å². The molecule has 1 aliphatic carbocycles. The largest absolute Gasteiger partial charge is 0.388 e. The molecular formula is C17H26N2O2. The molecule has 0 spiro atoms. The predicted molar refractivity (Wildman–Crippen MR) is 85.7 cm³/mol. The smallest absolute Gasteiger partial charge is 0.253 e. The number of amides is 1. The van der Waals surface area contributed by atoms with Crippen LogP contribution < -0.4 is 5.32 Å². The fourth-order valence-electron chi connectivity index (χ4n) is 3.11. The quantitative estimate of drug-likeness (QED) is 0.876. The Morgan fingerprint density at radius 3 is 2.62 bits per heavy atom. The van der Waals surface area contributed by atoms with Crippen LogP contribution in [0.5, 0.6) is 0 Å². The van der Waals surface area contributed by atoms with Crippen LogP contribution in [0.1, 0.15) is 48.5 Å². The van der Waals surface area contributed by atoms with Crippen molar-refractivity contribution in [3.8, 4) is 0 Å². The van der Waals surface area contributed by atoms with Gasteiger partial charge in [-0.25, -0.2) is 0 Å². The molecule has 1 aromatic carbocycles. The first-order valence-corrected chi connectivity index (χ1v) is 7.77. The Morgan fingerprint density at radius 1 is 1.38 bits per heavy atom. The minimum atomic E-state index is -0.691.